The minimum Gasteiger partial charge on any atom is -0.465 e. The molecule has 0 fully saturated rings. The van der Waals surface area contributed by atoms with Gasteiger partial charge in [0.2, 0.25) is 12.7 Å². The number of ketones is 1. The van der Waals surface area contributed by atoms with Crippen LogP contribution >= 0.6 is 18.9 Å². The van der Waals surface area contributed by atoms with E-state index in [2.05, 4.69) is 70.8 Å². The highest BCUT2D eigenvalue weighted by atomic mass is 32.2. The quantitative estimate of drug-likeness (QED) is 0.0110. The van der Waals surface area contributed by atoms with Gasteiger partial charge in [-0.05, 0) is 261 Å². The van der Waals surface area contributed by atoms with Crippen LogP contribution in [0, 0.1) is 40.9 Å². The Morgan fingerprint density at radius 3 is 1.26 bits per heavy atom. The molecule has 0 atom stereocenters. The maximum Gasteiger partial charge on any atom is 0.407 e. The number of alkyl carbamates (subject to hydrolysis) is 1. The fourth-order valence-corrected chi connectivity index (χ4v) is 29.9. The molecule has 1 amide bonds. The molecule has 0 aliphatic carbocycles. The Hall–Kier alpha value is -5.87. The molecule has 4 aromatic rings. The van der Waals surface area contributed by atoms with Crippen molar-refractivity contribution in [3.8, 4) is 11.5 Å². The average Bonchev–Trinajstić information content (AvgIpc) is 0.754. The molecule has 5 rings (SSSR count). The lowest BCUT2D eigenvalue weighted by molar-refractivity contribution is -0.155. The van der Waals surface area contributed by atoms with Crippen LogP contribution in [0.5, 0.6) is 11.5 Å². The van der Waals surface area contributed by atoms with Gasteiger partial charge in [-0.2, -0.15) is 0 Å². The Balaban J connectivity index is -0.000000685. The molecule has 1 heterocycles. The molecule has 0 saturated carbocycles. The van der Waals surface area contributed by atoms with Gasteiger partial charge in [0.15, 0.2) is 39.1 Å². The molecular formula is C89H157N2O18PSSi4. The number of ether oxygens (including phenoxy) is 7. The van der Waals surface area contributed by atoms with E-state index >= 15 is 0 Å². The Labute approximate surface area is 705 Å². The molecule has 1 N–H and O–H groups in total. The van der Waals surface area contributed by atoms with Crippen LogP contribution in [0.15, 0.2) is 95.9 Å². The third kappa shape index (κ3) is 43.1. The molecule has 0 spiro atoms. The highest BCUT2D eigenvalue weighted by Gasteiger charge is 2.40. The molecule has 1 aliphatic rings. The number of carbonyl (C=O) groups is 8. The fraction of sp³-hybridized carbons (Fsp3) is 0.640. The first kappa shape index (κ1) is 115. The summed E-state index contributed by atoms with van der Waals surface area (Å²) >= 11 is 1.67. The Morgan fingerprint density at radius 1 is 0.478 bits per heavy atom. The molecule has 0 radical (unpaired) electrons. The molecule has 4 aromatic carbocycles. The molecule has 0 unspecified atom stereocenters. The average molecular weight is 1720 g/mol. The summed E-state index contributed by atoms with van der Waals surface area (Å²) < 4.78 is 64.1. The van der Waals surface area contributed by atoms with Crippen LogP contribution in [-0.2, 0) is 60.5 Å². The minimum atomic E-state index is -3.61. The summed E-state index contributed by atoms with van der Waals surface area (Å²) in [7, 11) is -5.85. The van der Waals surface area contributed by atoms with Crippen LogP contribution in [0.1, 0.15) is 217 Å². The zero-order valence-electron chi connectivity index (χ0n) is 73.2. The first-order valence-corrected chi connectivity index (χ1v) is 55.0. The van der Waals surface area contributed by atoms with Gasteiger partial charge in [-0.1, -0.05) is 125 Å². The molecule has 26 heteroatoms. The normalized spacial score (nSPS) is 12.4. The number of fused-ring (bicyclic) bond motifs is 1. The van der Waals surface area contributed by atoms with Crippen molar-refractivity contribution >= 4 is 110 Å². The second kappa shape index (κ2) is 52.9. The van der Waals surface area contributed by atoms with Crippen molar-refractivity contribution in [2.45, 2.75) is 281 Å². The zero-order valence-corrected chi connectivity index (χ0v) is 79.0. The van der Waals surface area contributed by atoms with E-state index in [0.717, 1.165) is 55.0 Å². The van der Waals surface area contributed by atoms with Gasteiger partial charge in [0.05, 0.1) is 46.8 Å². The number of benzene rings is 4. The third-order valence-electron chi connectivity index (χ3n) is 18.9. The van der Waals surface area contributed by atoms with Gasteiger partial charge in [-0.25, -0.2) is 4.79 Å². The highest BCUT2D eigenvalue weighted by Crippen LogP contribution is 2.48. The number of esters is 5. The second-order valence-electron chi connectivity index (χ2n) is 34.7. The van der Waals surface area contributed by atoms with Crippen LogP contribution in [0.25, 0.3) is 0 Å². The number of amides is 1. The number of thioether (sulfide) groups is 1. The SMILES string of the molecule is C.C.C.C.CCC(C)(C)C(=O)OCCC[Si](C)(C)O[Si](C)(C)C.CCC(C)(C)C(=O)OCCN(C)C.CCC(C)(C)C(=O)OCCNC(=O)OCCOCCC[Si](C)(C)O[Si](C)(C)C.CCC(C)(C)C(=O)Oc1cc(C)c(C(=O)P(=O)(c2ccccc2)c2ccccc2)c(C)c1.CCC(C)(C)C(=O)Oc1ccc2c(c1)C(=O)CCS2. The van der Waals surface area contributed by atoms with E-state index in [1.54, 1.807) is 98.4 Å². The maximum absolute atomic E-state index is 14.4. The number of likely N-dealkylation sites (N-methyl/N-ethyl adjacent to an activating group) is 1. The fourth-order valence-electron chi connectivity index (χ4n) is 10.2. The second-order valence-corrected chi connectivity index (χ2v) is 56.6. The molecule has 0 bridgehead atoms. The van der Waals surface area contributed by atoms with E-state index < -0.39 is 68.3 Å². The first-order chi connectivity index (χ1) is 51.1. The van der Waals surface area contributed by atoms with Gasteiger partial charge in [0, 0.05) is 52.0 Å². The number of nitrogens with one attached hydrogen (secondary N) is 1. The van der Waals surface area contributed by atoms with E-state index in [-0.39, 0.29) is 95.9 Å². The van der Waals surface area contributed by atoms with Crippen molar-refractivity contribution in [2.75, 3.05) is 72.6 Å². The Kier molecular flexibility index (Phi) is 53.1. The number of rotatable bonds is 37. The van der Waals surface area contributed by atoms with E-state index in [4.69, 9.17) is 41.4 Å². The zero-order chi connectivity index (χ0) is 85.2. The summed E-state index contributed by atoms with van der Waals surface area (Å²) in [6.45, 7) is 57.8. The van der Waals surface area contributed by atoms with Gasteiger partial charge >= 0.3 is 35.9 Å². The largest absolute Gasteiger partial charge is 0.465 e. The van der Waals surface area contributed by atoms with E-state index in [9.17, 15) is 42.9 Å². The number of hydrogen-bond donors (Lipinski definition) is 1. The van der Waals surface area contributed by atoms with Crippen LogP contribution in [0.4, 0.5) is 4.79 Å². The predicted molar refractivity (Wildman–Crippen MR) is 489 cm³/mol. The van der Waals surface area contributed by atoms with Crippen LogP contribution in [0.3, 0.4) is 0 Å². The summed E-state index contributed by atoms with van der Waals surface area (Å²) in [5.74, 6) is 0.772. The van der Waals surface area contributed by atoms with Gasteiger partial charge in [-0.3, -0.25) is 33.6 Å². The summed E-state index contributed by atoms with van der Waals surface area (Å²) in [5, 5.41) is 3.54. The van der Waals surface area contributed by atoms with Crippen LogP contribution in [0.2, 0.25) is 77.6 Å². The smallest absolute Gasteiger partial charge is 0.407 e. The summed E-state index contributed by atoms with van der Waals surface area (Å²) in [6, 6.07) is 28.5. The number of Topliss-reactive ketones (excluding diaryl/α,β-unsaturated/α-hetero) is 1. The summed E-state index contributed by atoms with van der Waals surface area (Å²) in [6.07, 6.45) is 5.57. The van der Waals surface area contributed by atoms with Crippen LogP contribution < -0.4 is 25.4 Å². The van der Waals surface area contributed by atoms with E-state index in [1.165, 1.54) is 0 Å². The first-order valence-electron chi connectivity index (χ1n) is 39.3. The maximum atomic E-state index is 14.4. The van der Waals surface area contributed by atoms with Crippen molar-refractivity contribution in [3.63, 3.8) is 0 Å². The lowest BCUT2D eigenvalue weighted by atomic mass is 9.90. The van der Waals surface area contributed by atoms with Crippen molar-refractivity contribution in [1.82, 2.24) is 10.2 Å². The van der Waals surface area contributed by atoms with Gasteiger partial charge in [0.25, 0.3) is 0 Å². The topological polar surface area (TPSA) is 252 Å². The molecule has 115 heavy (non-hydrogen) atoms. The molecule has 20 nitrogen and oxygen atoms in total. The molecule has 1 aliphatic heterocycles. The number of carbonyl (C=O) groups excluding carboxylic acids is 8. The van der Waals surface area contributed by atoms with Gasteiger partial charge in [0.1, 0.15) is 31.3 Å². The molecular weight excluding hydrogens is 1560 g/mol. The van der Waals surface area contributed by atoms with Gasteiger partial charge < -0.3 is 56.2 Å². The van der Waals surface area contributed by atoms with Crippen LogP contribution in [-0.4, -0.2) is 158 Å². The standard InChI is InChI=1S/C27H29O4P.C19H41NO6Si2.C15H18O3S.C14H32O3Si2.C10H21NO2.4CH4/c1-6-27(4,5)26(29)31-21-17-19(2)24(20(3)18-21)25(28)32(30,22-13-9-7-10-14-22)23-15-11-8-12-16-23;1-9-19(2,3)17(21)24-13-11-20-18(22)25-15-14-23-12-10-16-28(7,8)26-27(4,5)6;1-4-15(2,3)14(17)18-10-5-6-13-11(9-10)12(16)7-8-19-13;1-9-14(2,3)13(15)16-11-10-12-19(7,8)17-18(4,5)6;1-6-10(2,3)9(12)13-8-7-11(4)5;;;;/h7-18H,6H2,1-5H3;9-16H2,1-8H3,(H,20,22);5-6,9H,4,7-8H2,1-3H3;9-12H2,1-8H3;6-8H2,1-5H3;4*1H4. The lowest BCUT2D eigenvalue weighted by Crippen LogP contribution is -2.42. The van der Waals surface area contributed by atoms with Gasteiger partial charge in [-0.15, -0.1) is 11.8 Å². The highest BCUT2D eigenvalue weighted by molar-refractivity contribution is 7.99. The van der Waals surface area contributed by atoms with Crippen molar-refractivity contribution in [1.29, 1.82) is 0 Å². The number of aryl methyl sites for hydroxylation is 2. The number of hydrogen-bond acceptors (Lipinski definition) is 20. The van der Waals surface area contributed by atoms with Crippen molar-refractivity contribution in [2.24, 2.45) is 27.1 Å². The molecule has 0 saturated heterocycles. The minimum absolute atomic E-state index is 0. The molecule has 658 valence electrons. The lowest BCUT2D eigenvalue weighted by Gasteiger charge is -2.31. The van der Waals surface area contributed by atoms with Crippen molar-refractivity contribution < 1.29 is 84.3 Å². The predicted octanol–water partition coefficient (Wildman–Crippen LogP) is 22.1. The summed E-state index contributed by atoms with van der Waals surface area (Å²) in [4.78, 5) is 99.8. The Bertz CT molecular complexity index is 3580. The van der Waals surface area contributed by atoms with Crippen molar-refractivity contribution in [3.05, 3.63) is 113 Å². The van der Waals surface area contributed by atoms with E-state index in [0.29, 0.717) is 96.5 Å². The third-order valence-corrected chi connectivity index (χ3v) is 35.3. The summed E-state index contributed by atoms with van der Waals surface area (Å²) in [5.41, 5.74) is -0.410. The van der Waals surface area contributed by atoms with E-state index in [1.807, 2.05) is 141 Å². The monoisotopic (exact) mass is 1720 g/mol. The number of nitrogens with zero attached hydrogens (tertiary/aromatic N) is 1. The molecule has 0 aromatic heterocycles. The Morgan fingerprint density at radius 2 is 0.861 bits per heavy atom.